The average Bonchev–Trinajstić information content (AvgIpc) is 3.62. The number of rotatable bonds is 6. The van der Waals surface area contributed by atoms with Crippen molar-refractivity contribution in [1.29, 1.82) is 0 Å². The van der Waals surface area contributed by atoms with E-state index in [1.54, 1.807) is 6.92 Å². The van der Waals surface area contributed by atoms with Gasteiger partial charge in [-0.3, -0.25) is 14.1 Å². The molecule has 0 saturated carbocycles. The zero-order valence-electron chi connectivity index (χ0n) is 24.0. The van der Waals surface area contributed by atoms with Gasteiger partial charge in [0.25, 0.3) is 5.91 Å². The first-order valence-electron chi connectivity index (χ1n) is 14.4. The van der Waals surface area contributed by atoms with Gasteiger partial charge in [-0.2, -0.15) is 26.3 Å². The molecule has 0 spiro atoms. The van der Waals surface area contributed by atoms with Crippen LogP contribution in [-0.4, -0.2) is 55.9 Å². The average molecular weight is 634 g/mol. The molecule has 238 valence electrons. The zero-order valence-corrected chi connectivity index (χ0v) is 24.0. The minimum atomic E-state index is -4.75. The van der Waals surface area contributed by atoms with Gasteiger partial charge < -0.3 is 15.8 Å². The number of hydrogen-bond donors (Lipinski definition) is 2. The van der Waals surface area contributed by atoms with Crippen LogP contribution in [0, 0.1) is 0 Å². The van der Waals surface area contributed by atoms with E-state index in [1.165, 1.54) is 18.2 Å². The number of pyridine rings is 1. The van der Waals surface area contributed by atoms with Crippen LogP contribution in [0.3, 0.4) is 0 Å². The van der Waals surface area contributed by atoms with Gasteiger partial charge in [-0.05, 0) is 69.5 Å². The number of ether oxygens (including phenoxy) is 1. The normalized spacial score (nSPS) is 19.1. The highest BCUT2D eigenvalue weighted by atomic mass is 19.4. The number of hydrogen-bond acceptors (Lipinski definition) is 7. The topological polar surface area (TPSA) is 111 Å². The van der Waals surface area contributed by atoms with Gasteiger partial charge in [-0.15, -0.1) is 0 Å². The Kier molecular flexibility index (Phi) is 7.83. The number of carbonyl (C=O) groups is 1. The van der Waals surface area contributed by atoms with E-state index >= 15 is 0 Å². The van der Waals surface area contributed by atoms with E-state index in [4.69, 9.17) is 15.5 Å². The maximum atomic E-state index is 14.4. The van der Waals surface area contributed by atoms with Gasteiger partial charge in [-0.1, -0.05) is 0 Å². The molecule has 2 unspecified atom stereocenters. The predicted octanol–water partition coefficient (Wildman–Crippen LogP) is 6.40. The Balaban J connectivity index is 1.43. The van der Waals surface area contributed by atoms with Crippen LogP contribution < -0.4 is 15.8 Å². The summed E-state index contributed by atoms with van der Waals surface area (Å²) in [4.78, 5) is 27.7. The number of aromatic nitrogens is 4. The van der Waals surface area contributed by atoms with Gasteiger partial charge in [0, 0.05) is 35.8 Å². The maximum Gasteiger partial charge on any atom is 0.433 e. The Morgan fingerprint density at radius 2 is 1.87 bits per heavy atom. The second-order valence-electron chi connectivity index (χ2n) is 11.1. The molecular formula is C30H29F6N7O2. The van der Waals surface area contributed by atoms with E-state index in [-0.39, 0.29) is 58.1 Å². The number of amides is 1. The molecule has 15 heteroatoms. The van der Waals surface area contributed by atoms with E-state index in [0.29, 0.717) is 31.3 Å². The molecule has 2 atom stereocenters. The van der Waals surface area contributed by atoms with Gasteiger partial charge in [-0.25, -0.2) is 15.0 Å². The molecule has 2 fully saturated rings. The number of nitrogens with two attached hydrogens (primary N) is 1. The fraction of sp³-hybridized carbons (Fsp3) is 0.400. The van der Waals surface area contributed by atoms with E-state index in [0.717, 1.165) is 42.5 Å². The van der Waals surface area contributed by atoms with Crippen molar-refractivity contribution in [1.82, 2.24) is 24.3 Å². The Bertz CT molecular complexity index is 1750. The van der Waals surface area contributed by atoms with Gasteiger partial charge in [0.1, 0.15) is 40.1 Å². The van der Waals surface area contributed by atoms with Gasteiger partial charge in [0.05, 0.1) is 18.4 Å². The third-order valence-electron chi connectivity index (χ3n) is 8.30. The van der Waals surface area contributed by atoms with Crippen LogP contribution in [-0.2, 0) is 12.4 Å². The number of nitrogens with zero attached hydrogens (tertiary/aromatic N) is 5. The molecule has 45 heavy (non-hydrogen) atoms. The summed E-state index contributed by atoms with van der Waals surface area (Å²) in [5, 5.41) is 2.34. The highest BCUT2D eigenvalue weighted by molar-refractivity contribution is 6.04. The monoisotopic (exact) mass is 633 g/mol. The number of anilines is 2. The molecule has 2 aliphatic rings. The number of nitrogens with one attached hydrogen (secondary N) is 1. The molecule has 9 nitrogen and oxygen atoms in total. The van der Waals surface area contributed by atoms with Crippen LogP contribution in [0.5, 0.6) is 5.75 Å². The summed E-state index contributed by atoms with van der Waals surface area (Å²) in [5.41, 5.74) is 4.60. The number of piperidine rings is 1. The first-order chi connectivity index (χ1) is 21.3. The van der Waals surface area contributed by atoms with E-state index < -0.39 is 29.5 Å². The highest BCUT2D eigenvalue weighted by Gasteiger charge is 2.40. The van der Waals surface area contributed by atoms with Crippen LogP contribution in [0.4, 0.5) is 38.0 Å². The molecule has 3 N–H and O–H groups in total. The largest absolute Gasteiger partial charge is 0.493 e. The van der Waals surface area contributed by atoms with Gasteiger partial charge >= 0.3 is 12.4 Å². The minimum absolute atomic E-state index is 0.0135. The number of nitrogen functional groups attached to an aromatic ring is 1. The summed E-state index contributed by atoms with van der Waals surface area (Å²) >= 11 is 0. The lowest BCUT2D eigenvalue weighted by Crippen LogP contribution is -2.38. The summed E-state index contributed by atoms with van der Waals surface area (Å²) in [6.45, 7) is 3.25. The van der Waals surface area contributed by atoms with E-state index in [1.807, 2.05) is 0 Å². The highest BCUT2D eigenvalue weighted by Crippen LogP contribution is 2.43. The van der Waals surface area contributed by atoms with Crippen molar-refractivity contribution >= 4 is 23.1 Å². The summed E-state index contributed by atoms with van der Waals surface area (Å²) in [7, 11) is 0. The lowest BCUT2D eigenvalue weighted by atomic mass is 9.92. The second kappa shape index (κ2) is 11.5. The first kappa shape index (κ1) is 30.6. The number of benzene rings is 1. The SMILES string of the molecule is CCOc1cc(C(=O)Nc2cc(C(F)(F)F)ccn2)ccc1-c1nc(C2CCC3CCCN3C2)n2c(C(F)(F)F)cnc(N)c12. The summed E-state index contributed by atoms with van der Waals surface area (Å²) in [6, 6.07) is 6.08. The third kappa shape index (κ3) is 5.88. The third-order valence-corrected chi connectivity index (χ3v) is 8.30. The molecule has 6 rings (SSSR count). The van der Waals surface area contributed by atoms with Crippen LogP contribution >= 0.6 is 0 Å². The number of carbonyl (C=O) groups excluding carboxylic acids is 1. The number of imidazole rings is 1. The number of alkyl halides is 6. The molecule has 0 radical (unpaired) electrons. The zero-order chi connectivity index (χ0) is 32.1. The van der Waals surface area contributed by atoms with Crippen molar-refractivity contribution in [2.24, 2.45) is 0 Å². The van der Waals surface area contributed by atoms with Crippen LogP contribution in [0.25, 0.3) is 16.8 Å². The van der Waals surface area contributed by atoms with Crippen molar-refractivity contribution in [3.8, 4) is 17.0 Å². The molecule has 5 heterocycles. The molecule has 1 aromatic carbocycles. The van der Waals surface area contributed by atoms with Crippen LogP contribution in [0.2, 0.25) is 0 Å². The molecule has 2 aliphatic heterocycles. The second-order valence-corrected chi connectivity index (χ2v) is 11.1. The molecule has 3 aromatic heterocycles. The molecular weight excluding hydrogens is 604 g/mol. The van der Waals surface area contributed by atoms with Crippen LogP contribution in [0.1, 0.15) is 66.0 Å². The molecule has 0 bridgehead atoms. The van der Waals surface area contributed by atoms with Crippen molar-refractivity contribution < 1.29 is 35.9 Å². The Labute approximate surface area is 253 Å². The maximum absolute atomic E-state index is 14.4. The lowest BCUT2D eigenvalue weighted by Gasteiger charge is -2.34. The minimum Gasteiger partial charge on any atom is -0.493 e. The number of fused-ring (bicyclic) bond motifs is 2. The van der Waals surface area contributed by atoms with Crippen LogP contribution in [0.15, 0.2) is 42.7 Å². The van der Waals surface area contributed by atoms with Gasteiger partial charge in [0.15, 0.2) is 0 Å². The summed E-state index contributed by atoms with van der Waals surface area (Å²) in [5.74, 6) is -1.21. The summed E-state index contributed by atoms with van der Waals surface area (Å²) in [6.07, 6.45) is -4.15. The standard InChI is InChI=1S/C30H29F6N7O2/c1-2-45-21-12-16(28(44)40-23-13-18(9-10-38-23)29(31,32)33)6-8-20(21)24-25-26(37)39-14-22(30(34,35)36)43(25)27(41-24)17-5-7-19-4-3-11-42(19)15-17/h6,8-10,12-14,17,19H,2-5,7,11,15H2,1H3,(H2,37,39)(H,38,40,44). The van der Waals surface area contributed by atoms with Gasteiger partial charge in [0.2, 0.25) is 0 Å². The predicted molar refractivity (Wildman–Crippen MR) is 153 cm³/mol. The first-order valence-corrected chi connectivity index (χ1v) is 14.4. The van der Waals surface area contributed by atoms with Crippen molar-refractivity contribution in [2.75, 3.05) is 30.7 Å². The van der Waals surface area contributed by atoms with E-state index in [9.17, 15) is 31.1 Å². The molecule has 0 aliphatic carbocycles. The fourth-order valence-electron chi connectivity index (χ4n) is 6.27. The molecule has 2 saturated heterocycles. The van der Waals surface area contributed by atoms with Crippen molar-refractivity contribution in [3.05, 3.63) is 65.4 Å². The quantitative estimate of drug-likeness (QED) is 0.236. The lowest BCUT2D eigenvalue weighted by molar-refractivity contribution is -0.142. The van der Waals surface area contributed by atoms with Crippen molar-refractivity contribution in [3.63, 3.8) is 0 Å². The van der Waals surface area contributed by atoms with E-state index in [2.05, 4.69) is 20.2 Å². The van der Waals surface area contributed by atoms with Crippen molar-refractivity contribution in [2.45, 2.75) is 56.9 Å². The fourth-order valence-corrected chi connectivity index (χ4v) is 6.27. The molecule has 1 amide bonds. The Hall–Kier alpha value is -4.40. The Morgan fingerprint density at radius 1 is 1.07 bits per heavy atom. The summed E-state index contributed by atoms with van der Waals surface area (Å²) < 4.78 is 89.3. The molecule has 4 aromatic rings. The number of halogens is 6. The smallest absolute Gasteiger partial charge is 0.433 e. The Morgan fingerprint density at radius 3 is 2.60 bits per heavy atom.